The van der Waals surface area contributed by atoms with E-state index in [1.54, 1.807) is 28.8 Å². The molecule has 1 fully saturated rings. The van der Waals surface area contributed by atoms with Gasteiger partial charge in [-0.15, -0.1) is 0 Å². The summed E-state index contributed by atoms with van der Waals surface area (Å²) in [7, 11) is 0. The molecule has 4 nitrogen and oxygen atoms in total. The number of carbonyl (C=O) groups excluding carboxylic acids is 2. The molecule has 0 atom stereocenters. The highest BCUT2D eigenvalue weighted by Gasteiger charge is 2.22. The molecule has 2 aromatic carbocycles. The summed E-state index contributed by atoms with van der Waals surface area (Å²) in [5, 5.41) is 4.23. The molecule has 0 aromatic heterocycles. The van der Waals surface area contributed by atoms with Gasteiger partial charge in [-0.25, -0.2) is 0 Å². The average molecular weight is 423 g/mol. The average Bonchev–Trinajstić information content (AvgIpc) is 3.09. The number of hydrogen-bond acceptors (Lipinski definition) is 3. The number of halogens is 2. The fourth-order valence-corrected chi connectivity index (χ4v) is 4.51. The summed E-state index contributed by atoms with van der Waals surface area (Å²) in [5.41, 5.74) is 2.26. The van der Waals surface area contributed by atoms with Crippen molar-refractivity contribution in [1.82, 2.24) is 5.32 Å². The molecule has 142 valence electrons. The fourth-order valence-electron chi connectivity index (χ4n) is 2.92. The molecule has 0 aliphatic carbocycles. The molecule has 7 heteroatoms. The monoisotopic (exact) mass is 422 g/mol. The molecule has 0 radical (unpaired) electrons. The van der Waals surface area contributed by atoms with Gasteiger partial charge >= 0.3 is 0 Å². The molecule has 1 aliphatic rings. The number of thioether (sulfide) groups is 1. The third-order valence-corrected chi connectivity index (χ3v) is 6.03. The molecule has 0 unspecified atom stereocenters. The van der Waals surface area contributed by atoms with Crippen molar-refractivity contribution in [2.45, 2.75) is 18.6 Å². The van der Waals surface area contributed by atoms with E-state index in [2.05, 4.69) is 5.32 Å². The number of carbonyl (C=O) groups is 2. The molecule has 27 heavy (non-hydrogen) atoms. The van der Waals surface area contributed by atoms with Crippen LogP contribution in [-0.4, -0.2) is 30.7 Å². The minimum absolute atomic E-state index is 0.113. The van der Waals surface area contributed by atoms with Crippen LogP contribution >= 0.6 is 35.0 Å². The minimum Gasteiger partial charge on any atom is -0.351 e. The third kappa shape index (κ3) is 5.18. The summed E-state index contributed by atoms with van der Waals surface area (Å²) < 4.78 is 0. The first kappa shape index (κ1) is 20.1. The lowest BCUT2D eigenvalue weighted by Crippen LogP contribution is -2.27. The van der Waals surface area contributed by atoms with Crippen molar-refractivity contribution in [3.63, 3.8) is 0 Å². The fraction of sp³-hybridized carbons (Fsp3) is 0.300. The molecule has 2 aromatic rings. The van der Waals surface area contributed by atoms with E-state index >= 15 is 0 Å². The summed E-state index contributed by atoms with van der Waals surface area (Å²) in [5.74, 6) is 1.42. The van der Waals surface area contributed by atoms with Gasteiger partial charge in [-0.1, -0.05) is 35.3 Å². The lowest BCUT2D eigenvalue weighted by atomic mass is 10.1. The molecule has 0 bridgehead atoms. The number of benzene rings is 2. The maximum Gasteiger partial charge on any atom is 0.251 e. The summed E-state index contributed by atoms with van der Waals surface area (Å²) in [6, 6.07) is 12.7. The van der Waals surface area contributed by atoms with Crippen LogP contribution in [0.2, 0.25) is 10.0 Å². The zero-order valence-electron chi connectivity index (χ0n) is 14.7. The second-order valence-corrected chi connectivity index (χ2v) is 8.13. The first-order valence-electron chi connectivity index (χ1n) is 8.75. The number of rotatable bonds is 7. The molecule has 1 heterocycles. The maximum atomic E-state index is 12.4. The Labute approximate surface area is 173 Å². The maximum absolute atomic E-state index is 12.4. The van der Waals surface area contributed by atoms with Gasteiger partial charge < -0.3 is 10.2 Å². The van der Waals surface area contributed by atoms with Gasteiger partial charge in [0.05, 0.1) is 0 Å². The Morgan fingerprint density at radius 1 is 1.15 bits per heavy atom. The van der Waals surface area contributed by atoms with Crippen molar-refractivity contribution >= 4 is 52.5 Å². The standard InChI is InChI=1S/C20H20Cl2N2O2S/c21-17-6-2-7-18(22)16(17)13-27-11-9-23-20(26)14-4-1-5-15(12-14)24-10-3-8-19(24)25/h1-2,4-7,12H,3,8-11,13H2,(H,23,26). The van der Waals surface area contributed by atoms with Crippen molar-refractivity contribution < 1.29 is 9.59 Å². The lowest BCUT2D eigenvalue weighted by molar-refractivity contribution is -0.117. The highest BCUT2D eigenvalue weighted by molar-refractivity contribution is 7.98. The topological polar surface area (TPSA) is 49.4 Å². The first-order chi connectivity index (χ1) is 13.1. The smallest absolute Gasteiger partial charge is 0.251 e. The van der Waals surface area contributed by atoms with Gasteiger partial charge in [-0.2, -0.15) is 11.8 Å². The zero-order chi connectivity index (χ0) is 19.2. The van der Waals surface area contributed by atoms with Gasteiger partial charge in [0.25, 0.3) is 5.91 Å². The van der Waals surface area contributed by atoms with E-state index in [-0.39, 0.29) is 11.8 Å². The summed E-state index contributed by atoms with van der Waals surface area (Å²) in [4.78, 5) is 26.0. The molecule has 1 saturated heterocycles. The molecule has 3 rings (SSSR count). The van der Waals surface area contributed by atoms with Gasteiger partial charge in [0.1, 0.15) is 0 Å². The van der Waals surface area contributed by atoms with Crippen molar-refractivity contribution in [2.24, 2.45) is 0 Å². The second-order valence-electron chi connectivity index (χ2n) is 6.21. The van der Waals surface area contributed by atoms with Gasteiger partial charge in [0.15, 0.2) is 0 Å². The Balaban J connectivity index is 1.48. The second kappa shape index (κ2) is 9.49. The molecular weight excluding hydrogens is 403 g/mol. The van der Waals surface area contributed by atoms with E-state index in [0.29, 0.717) is 40.9 Å². The van der Waals surface area contributed by atoms with E-state index in [0.717, 1.165) is 23.4 Å². The predicted octanol–water partition coefficient (Wildman–Crippen LogP) is 4.78. The van der Waals surface area contributed by atoms with Crippen LogP contribution < -0.4 is 10.2 Å². The quantitative estimate of drug-likeness (QED) is 0.652. The van der Waals surface area contributed by atoms with Crippen LogP contribution in [0.4, 0.5) is 5.69 Å². The first-order valence-corrected chi connectivity index (χ1v) is 10.7. The van der Waals surface area contributed by atoms with Crippen LogP contribution in [0.5, 0.6) is 0 Å². The van der Waals surface area contributed by atoms with E-state index in [9.17, 15) is 9.59 Å². The Morgan fingerprint density at radius 3 is 2.59 bits per heavy atom. The zero-order valence-corrected chi connectivity index (χ0v) is 17.0. The van der Waals surface area contributed by atoms with E-state index in [4.69, 9.17) is 23.2 Å². The number of amides is 2. The molecular formula is C20H20Cl2N2O2S. The largest absolute Gasteiger partial charge is 0.351 e. The summed E-state index contributed by atoms with van der Waals surface area (Å²) in [6.45, 7) is 1.25. The predicted molar refractivity (Wildman–Crippen MR) is 113 cm³/mol. The van der Waals surface area contributed by atoms with Crippen molar-refractivity contribution in [3.05, 3.63) is 63.6 Å². The molecule has 0 saturated carbocycles. The van der Waals surface area contributed by atoms with E-state index in [1.165, 1.54) is 0 Å². The molecule has 0 spiro atoms. The molecule has 1 N–H and O–H groups in total. The SMILES string of the molecule is O=C(NCCSCc1c(Cl)cccc1Cl)c1cccc(N2CCCC2=O)c1. The highest BCUT2D eigenvalue weighted by Crippen LogP contribution is 2.28. The molecule has 2 amide bonds. The van der Waals surface area contributed by atoms with Crippen molar-refractivity contribution in [2.75, 3.05) is 23.7 Å². The third-order valence-electron chi connectivity index (χ3n) is 4.33. The van der Waals surface area contributed by atoms with Crippen molar-refractivity contribution in [3.8, 4) is 0 Å². The Morgan fingerprint density at radius 2 is 1.89 bits per heavy atom. The number of nitrogens with one attached hydrogen (secondary N) is 1. The normalized spacial score (nSPS) is 13.9. The van der Waals surface area contributed by atoms with Crippen LogP contribution in [0.3, 0.4) is 0 Å². The minimum atomic E-state index is -0.139. The van der Waals surface area contributed by atoms with Gasteiger partial charge in [-0.3, -0.25) is 9.59 Å². The molecule has 1 aliphatic heterocycles. The highest BCUT2D eigenvalue weighted by atomic mass is 35.5. The van der Waals surface area contributed by atoms with Crippen molar-refractivity contribution in [1.29, 1.82) is 0 Å². The number of anilines is 1. The Hall–Kier alpha value is -1.69. The van der Waals surface area contributed by atoms with E-state index in [1.807, 2.05) is 30.3 Å². The lowest BCUT2D eigenvalue weighted by Gasteiger charge is -2.16. The van der Waals surface area contributed by atoms with E-state index < -0.39 is 0 Å². The van der Waals surface area contributed by atoms with Crippen LogP contribution in [0.1, 0.15) is 28.8 Å². The number of nitrogens with zero attached hydrogens (tertiary/aromatic N) is 1. The summed E-state index contributed by atoms with van der Waals surface area (Å²) >= 11 is 14.0. The van der Waals surface area contributed by atoms with Crippen LogP contribution in [0.25, 0.3) is 0 Å². The Bertz CT molecular complexity index is 824. The van der Waals surface area contributed by atoms with Crippen LogP contribution in [-0.2, 0) is 10.5 Å². The Kier molecular flexibility index (Phi) is 7.05. The van der Waals surface area contributed by atoms with Crippen LogP contribution in [0, 0.1) is 0 Å². The van der Waals surface area contributed by atoms with Crippen LogP contribution in [0.15, 0.2) is 42.5 Å². The summed E-state index contributed by atoms with van der Waals surface area (Å²) in [6.07, 6.45) is 1.44. The van der Waals surface area contributed by atoms with Gasteiger partial charge in [-0.05, 0) is 42.3 Å². The van der Waals surface area contributed by atoms with Gasteiger partial charge in [0.2, 0.25) is 5.91 Å². The number of hydrogen-bond donors (Lipinski definition) is 1. The van der Waals surface area contributed by atoms with Gasteiger partial charge in [0, 0.05) is 52.3 Å².